The molecule has 0 aromatic heterocycles. The van der Waals surface area contributed by atoms with Crippen molar-refractivity contribution in [2.45, 2.75) is 26.3 Å². The second-order valence-corrected chi connectivity index (χ2v) is 9.39. The first-order chi connectivity index (χ1) is 9.78. The Hall–Kier alpha value is -0.630. The molecule has 2 rings (SSSR count). The molecule has 21 heavy (non-hydrogen) atoms. The van der Waals surface area contributed by atoms with Crippen molar-refractivity contribution in [1.82, 2.24) is 4.90 Å². The Kier molecular flexibility index (Phi) is 5.29. The highest BCUT2D eigenvalue weighted by atomic mass is 127. The third kappa shape index (κ3) is 4.42. The summed E-state index contributed by atoms with van der Waals surface area (Å²) in [6, 6.07) is 7.24. The molecular weight excluding hydrogens is 401 g/mol. The fourth-order valence-electron chi connectivity index (χ4n) is 2.60. The third-order valence-corrected chi connectivity index (χ3v) is 5.96. The zero-order valence-corrected chi connectivity index (χ0v) is 15.2. The van der Waals surface area contributed by atoms with Crippen LogP contribution in [0.2, 0.25) is 0 Å². The van der Waals surface area contributed by atoms with Crippen molar-refractivity contribution in [2.24, 2.45) is 5.92 Å². The topological polar surface area (TPSA) is 54.5 Å². The molecule has 1 fully saturated rings. The van der Waals surface area contributed by atoms with Gasteiger partial charge < -0.3 is 4.90 Å². The van der Waals surface area contributed by atoms with Crippen LogP contribution in [0.1, 0.15) is 30.6 Å². The minimum atomic E-state index is -3.00. The van der Waals surface area contributed by atoms with Gasteiger partial charge in [0.05, 0.1) is 11.5 Å². The van der Waals surface area contributed by atoms with Gasteiger partial charge in [0, 0.05) is 21.7 Å². The number of benzene rings is 1. The highest BCUT2D eigenvalue weighted by molar-refractivity contribution is 14.1. The molecule has 0 bridgehead atoms. The smallest absolute Gasteiger partial charge is 0.254 e. The summed E-state index contributed by atoms with van der Waals surface area (Å²) < 4.78 is 24.4. The van der Waals surface area contributed by atoms with Gasteiger partial charge in [-0.1, -0.05) is 19.9 Å². The molecule has 0 spiro atoms. The molecule has 0 radical (unpaired) electrons. The highest BCUT2D eigenvalue weighted by Crippen LogP contribution is 2.22. The maximum Gasteiger partial charge on any atom is 0.254 e. The molecule has 0 unspecified atom stereocenters. The van der Waals surface area contributed by atoms with E-state index in [-0.39, 0.29) is 23.5 Å². The van der Waals surface area contributed by atoms with Gasteiger partial charge in [-0.3, -0.25) is 4.79 Å². The average molecular weight is 421 g/mol. The quantitative estimate of drug-likeness (QED) is 0.703. The molecule has 0 saturated carbocycles. The number of hydrogen-bond acceptors (Lipinski definition) is 3. The zero-order chi connectivity index (χ0) is 15.6. The van der Waals surface area contributed by atoms with Crippen LogP contribution >= 0.6 is 22.6 Å². The standard InChI is InChI=1S/C15H20INO3S/c1-11(2)9-17(14-6-7-21(19,20)10-14)15(18)12-4-3-5-13(16)8-12/h3-5,8,11,14H,6-7,9-10H2,1-2H3/t14-/m0/s1. The van der Waals surface area contributed by atoms with Crippen molar-refractivity contribution in [1.29, 1.82) is 0 Å². The summed E-state index contributed by atoms with van der Waals surface area (Å²) in [5.74, 6) is 0.519. The van der Waals surface area contributed by atoms with E-state index in [1.165, 1.54) is 0 Å². The second kappa shape index (κ2) is 6.64. The van der Waals surface area contributed by atoms with Crippen LogP contribution in [-0.4, -0.2) is 43.3 Å². The van der Waals surface area contributed by atoms with E-state index in [9.17, 15) is 13.2 Å². The lowest BCUT2D eigenvalue weighted by molar-refractivity contribution is 0.0672. The van der Waals surface area contributed by atoms with Gasteiger partial charge in [-0.25, -0.2) is 8.42 Å². The lowest BCUT2D eigenvalue weighted by atomic mass is 10.1. The Labute approximate surface area is 140 Å². The van der Waals surface area contributed by atoms with Crippen molar-refractivity contribution < 1.29 is 13.2 Å². The van der Waals surface area contributed by atoms with Crippen molar-refractivity contribution in [3.05, 3.63) is 33.4 Å². The molecule has 0 N–H and O–H groups in total. The predicted octanol–water partition coefficient (Wildman–Crippen LogP) is 2.58. The third-order valence-electron chi connectivity index (χ3n) is 3.54. The van der Waals surface area contributed by atoms with Crippen molar-refractivity contribution in [3.8, 4) is 0 Å². The number of nitrogens with zero attached hydrogens (tertiary/aromatic N) is 1. The van der Waals surface area contributed by atoms with Crippen LogP contribution in [0.25, 0.3) is 0 Å². The summed E-state index contributed by atoms with van der Waals surface area (Å²) in [5, 5.41) is 0. The molecule has 0 aliphatic carbocycles. The molecule has 1 aliphatic rings. The first-order valence-corrected chi connectivity index (χ1v) is 9.95. The van der Waals surface area contributed by atoms with Crippen molar-refractivity contribution in [3.63, 3.8) is 0 Å². The summed E-state index contributed by atoms with van der Waals surface area (Å²) in [6.07, 6.45) is 0.546. The van der Waals surface area contributed by atoms with Gasteiger partial charge in [-0.15, -0.1) is 0 Å². The monoisotopic (exact) mass is 421 g/mol. The Morgan fingerprint density at radius 3 is 2.67 bits per heavy atom. The molecule has 1 amide bonds. The van der Waals surface area contributed by atoms with E-state index in [1.54, 1.807) is 11.0 Å². The van der Waals surface area contributed by atoms with E-state index in [0.717, 1.165) is 3.57 Å². The van der Waals surface area contributed by atoms with E-state index in [0.29, 0.717) is 24.4 Å². The average Bonchev–Trinajstić information content (AvgIpc) is 2.75. The molecule has 6 heteroatoms. The molecule has 1 aliphatic heterocycles. The first-order valence-electron chi connectivity index (χ1n) is 7.05. The highest BCUT2D eigenvalue weighted by Gasteiger charge is 2.35. The number of amides is 1. The molecule has 116 valence electrons. The van der Waals surface area contributed by atoms with Crippen LogP contribution in [0.5, 0.6) is 0 Å². The van der Waals surface area contributed by atoms with Gasteiger partial charge in [0.25, 0.3) is 5.91 Å². The van der Waals surface area contributed by atoms with Crippen LogP contribution in [0.15, 0.2) is 24.3 Å². The first kappa shape index (κ1) is 16.7. The molecular formula is C15H20INO3S. The largest absolute Gasteiger partial charge is 0.334 e. The fourth-order valence-corrected chi connectivity index (χ4v) is 4.87. The normalized spacial score (nSPS) is 20.7. The van der Waals surface area contributed by atoms with Crippen molar-refractivity contribution >= 4 is 38.3 Å². The van der Waals surface area contributed by atoms with E-state index in [4.69, 9.17) is 0 Å². The van der Waals surface area contributed by atoms with Crippen LogP contribution in [0.3, 0.4) is 0 Å². The van der Waals surface area contributed by atoms with Crippen molar-refractivity contribution in [2.75, 3.05) is 18.1 Å². The van der Waals surface area contributed by atoms with Gasteiger partial charge >= 0.3 is 0 Å². The van der Waals surface area contributed by atoms with E-state index in [1.807, 2.05) is 32.0 Å². The number of hydrogen-bond donors (Lipinski definition) is 0. The van der Waals surface area contributed by atoms with E-state index in [2.05, 4.69) is 22.6 Å². The summed E-state index contributed by atoms with van der Waals surface area (Å²) in [7, 11) is -3.00. The minimum Gasteiger partial charge on any atom is -0.334 e. The Morgan fingerprint density at radius 2 is 2.14 bits per heavy atom. The fraction of sp³-hybridized carbons (Fsp3) is 0.533. The van der Waals surface area contributed by atoms with Crippen LogP contribution in [-0.2, 0) is 9.84 Å². The number of sulfone groups is 1. The summed E-state index contributed by atoms with van der Waals surface area (Å²) >= 11 is 2.17. The number of halogens is 1. The SMILES string of the molecule is CC(C)CN(C(=O)c1cccc(I)c1)[C@H]1CCS(=O)(=O)C1. The Balaban J connectivity index is 2.26. The van der Waals surface area contributed by atoms with E-state index < -0.39 is 9.84 Å². The molecule has 1 aromatic carbocycles. The minimum absolute atomic E-state index is 0.0654. The lowest BCUT2D eigenvalue weighted by Gasteiger charge is -2.30. The van der Waals surface area contributed by atoms with Crippen LogP contribution in [0, 0.1) is 9.49 Å². The van der Waals surface area contributed by atoms with E-state index >= 15 is 0 Å². The summed E-state index contributed by atoms with van der Waals surface area (Å²) in [5.41, 5.74) is 0.631. The maximum atomic E-state index is 12.8. The Morgan fingerprint density at radius 1 is 1.43 bits per heavy atom. The van der Waals surface area contributed by atoms with Crippen LogP contribution in [0.4, 0.5) is 0 Å². The molecule has 1 aromatic rings. The maximum absolute atomic E-state index is 12.8. The predicted molar refractivity (Wildman–Crippen MR) is 92.1 cm³/mol. The second-order valence-electron chi connectivity index (χ2n) is 5.92. The molecule has 4 nitrogen and oxygen atoms in total. The molecule has 1 heterocycles. The van der Waals surface area contributed by atoms with Crippen LogP contribution < -0.4 is 0 Å². The lowest BCUT2D eigenvalue weighted by Crippen LogP contribution is -2.43. The van der Waals surface area contributed by atoms with Gasteiger partial charge in [0.15, 0.2) is 9.84 Å². The number of carbonyl (C=O) groups is 1. The zero-order valence-electron chi connectivity index (χ0n) is 12.3. The van der Waals surface area contributed by atoms with Gasteiger partial charge in [-0.2, -0.15) is 0 Å². The summed E-state index contributed by atoms with van der Waals surface area (Å²) in [4.78, 5) is 14.5. The molecule has 1 atom stereocenters. The number of carbonyl (C=O) groups excluding carboxylic acids is 1. The Bertz CT molecular complexity index is 628. The molecule has 1 saturated heterocycles. The summed E-state index contributed by atoms with van der Waals surface area (Å²) in [6.45, 7) is 4.67. The number of rotatable bonds is 4. The van der Waals surface area contributed by atoms with Gasteiger partial charge in [0.1, 0.15) is 0 Å². The van der Waals surface area contributed by atoms with Gasteiger partial charge in [0.2, 0.25) is 0 Å². The van der Waals surface area contributed by atoms with Gasteiger partial charge in [-0.05, 0) is 53.1 Å².